The maximum Gasteiger partial charge on any atom is 0.313 e. The number of aryl methyl sites for hydroxylation is 2. The van der Waals surface area contributed by atoms with E-state index in [1.807, 2.05) is 32.0 Å². The molecule has 2 saturated heterocycles. The SMILES string of the molecule is CCc1cc(C2CCC2)c(-c2nnc(N)o2)cc1C(=O)N1CCC(F)(c2ccc(C#N)cc2)CC1.CCc1cc(C2CCC2)c(C(=O)NN)cc1C(=O)N1CCC(F)(c2ccc(C#N)cc2)CC1.N#CBr. The van der Waals surface area contributed by atoms with E-state index in [1.165, 1.54) is 6.42 Å². The summed E-state index contributed by atoms with van der Waals surface area (Å²) in [5.41, 5.74) is 13.2. The number of nitriles is 3. The van der Waals surface area contributed by atoms with Crippen molar-refractivity contribution in [3.05, 3.63) is 134 Å². The fraction of sp³-hybridized carbons (Fsp3) is 0.407. The number of alkyl halides is 2. The van der Waals surface area contributed by atoms with Crippen LogP contribution in [0.2, 0.25) is 0 Å². The lowest BCUT2D eigenvalue weighted by Crippen LogP contribution is -2.43. The van der Waals surface area contributed by atoms with E-state index in [0.717, 1.165) is 59.9 Å². The van der Waals surface area contributed by atoms with Gasteiger partial charge in [-0.2, -0.15) is 15.8 Å². The van der Waals surface area contributed by atoms with E-state index in [0.29, 0.717) is 82.6 Å². The van der Waals surface area contributed by atoms with E-state index in [9.17, 15) is 14.4 Å². The van der Waals surface area contributed by atoms with Crippen molar-refractivity contribution in [2.75, 3.05) is 31.9 Å². The predicted octanol–water partition coefficient (Wildman–Crippen LogP) is 10.1. The van der Waals surface area contributed by atoms with Crippen LogP contribution >= 0.6 is 15.9 Å². The number of rotatable bonds is 10. The summed E-state index contributed by atoms with van der Waals surface area (Å²) < 4.78 is 36.9. The third-order valence-electron chi connectivity index (χ3n) is 14.7. The summed E-state index contributed by atoms with van der Waals surface area (Å²) in [5, 5.41) is 33.1. The summed E-state index contributed by atoms with van der Waals surface area (Å²) in [6.45, 7) is 5.21. The van der Waals surface area contributed by atoms with Gasteiger partial charge in [-0.05, 0) is 120 Å². The van der Waals surface area contributed by atoms with Gasteiger partial charge >= 0.3 is 6.01 Å². The topological polar surface area (TPSA) is 232 Å². The van der Waals surface area contributed by atoms with Crippen LogP contribution in [0.5, 0.6) is 0 Å². The fourth-order valence-corrected chi connectivity index (χ4v) is 9.96. The molecule has 5 aromatic rings. The third-order valence-corrected chi connectivity index (χ3v) is 14.7. The largest absolute Gasteiger partial charge is 0.404 e. The summed E-state index contributed by atoms with van der Waals surface area (Å²) in [6, 6.07) is 24.9. The Morgan fingerprint density at radius 1 is 0.704 bits per heavy atom. The predicted molar refractivity (Wildman–Crippen MR) is 267 cm³/mol. The lowest BCUT2D eigenvalue weighted by atomic mass is 9.76. The number of piperidine rings is 2. The standard InChI is InChI=1S/C27H28FN5O2.C26H29FN4O2.CBrN/c1-2-18-14-21(19-4-3-5-19)23(24-31-32-26(30)35-24)15-22(18)25(34)33-12-10-27(28,11-13-33)20-8-6-17(16-29)7-9-20;1-2-18-14-21(19-4-3-5-19)23(24(32)30-29)15-22(18)25(33)31-12-10-26(27,11-13-31)20-8-6-17(16-28)7-9-20;2-1-3/h6-9,14-15,19H,2-5,10-13H2,1H3,(H2,30,32);6-9,14-15,19H,2-5,10-13,29H2,1H3,(H,30,32);. The van der Waals surface area contributed by atoms with E-state index in [2.05, 4.69) is 43.7 Å². The lowest BCUT2D eigenvalue weighted by molar-refractivity contribution is 0.0412. The van der Waals surface area contributed by atoms with Crippen molar-refractivity contribution in [2.24, 2.45) is 5.84 Å². The first-order valence-corrected chi connectivity index (χ1v) is 24.9. The molecule has 3 amide bonds. The van der Waals surface area contributed by atoms with Crippen LogP contribution in [0, 0.1) is 32.9 Å². The lowest BCUT2D eigenvalue weighted by Gasteiger charge is -2.37. The van der Waals surface area contributed by atoms with E-state index in [1.54, 1.807) is 69.4 Å². The Morgan fingerprint density at radius 2 is 1.13 bits per heavy atom. The molecule has 9 rings (SSSR count). The second kappa shape index (κ2) is 22.8. The van der Waals surface area contributed by atoms with E-state index >= 15 is 8.78 Å². The highest BCUT2D eigenvalue weighted by Crippen LogP contribution is 2.44. The maximum atomic E-state index is 15.7. The maximum absolute atomic E-state index is 15.7. The molecule has 0 radical (unpaired) electrons. The van der Waals surface area contributed by atoms with Gasteiger partial charge in [0.25, 0.3) is 17.7 Å². The zero-order valence-corrected chi connectivity index (χ0v) is 41.5. The Labute approximate surface area is 421 Å². The number of aromatic nitrogens is 2. The Hall–Kier alpha value is -7.00. The number of carbonyl (C=O) groups excluding carboxylic acids is 3. The highest BCUT2D eigenvalue weighted by Gasteiger charge is 2.40. The second-order valence-electron chi connectivity index (χ2n) is 18.6. The van der Waals surface area contributed by atoms with Gasteiger partial charge in [-0.25, -0.2) is 14.6 Å². The Kier molecular flexibility index (Phi) is 16.7. The molecule has 71 heavy (non-hydrogen) atoms. The number of halogens is 3. The smallest absolute Gasteiger partial charge is 0.313 e. The fourth-order valence-electron chi connectivity index (χ4n) is 9.96. The van der Waals surface area contributed by atoms with Crippen LogP contribution in [0.25, 0.3) is 11.5 Å². The number of carbonyl (C=O) groups is 3. The normalized spacial score (nSPS) is 17.0. The summed E-state index contributed by atoms with van der Waals surface area (Å²) in [6.07, 6.45) is 8.70. The Morgan fingerprint density at radius 3 is 1.49 bits per heavy atom. The van der Waals surface area contributed by atoms with Crippen LogP contribution in [0.15, 0.2) is 77.2 Å². The molecule has 2 aliphatic carbocycles. The van der Waals surface area contributed by atoms with Gasteiger partial charge in [-0.3, -0.25) is 19.8 Å². The average molecular weight is 1030 g/mol. The van der Waals surface area contributed by atoms with E-state index in [4.69, 9.17) is 31.8 Å². The summed E-state index contributed by atoms with van der Waals surface area (Å²) in [5.74, 6) is 5.78. The molecule has 3 heterocycles. The number of nitrogen functional groups attached to an aromatic ring is 2. The minimum Gasteiger partial charge on any atom is -0.404 e. The molecular weight excluding hydrogens is 971 g/mol. The van der Waals surface area contributed by atoms with Gasteiger partial charge in [-0.1, -0.05) is 68.2 Å². The van der Waals surface area contributed by atoms with Gasteiger partial charge in [-0.15, -0.1) is 5.10 Å². The minimum absolute atomic E-state index is 0.00915. The quantitative estimate of drug-likeness (QED) is 0.0676. The second-order valence-corrected chi connectivity index (χ2v) is 18.9. The number of amides is 3. The number of hydrazine groups is 1. The van der Waals surface area contributed by atoms with Crippen molar-refractivity contribution in [2.45, 2.75) is 114 Å². The highest BCUT2D eigenvalue weighted by atomic mass is 79.9. The number of nitrogens with one attached hydrogen (secondary N) is 1. The Bertz CT molecular complexity index is 2860. The van der Waals surface area contributed by atoms with Crippen LogP contribution in [-0.2, 0) is 24.2 Å². The van der Waals surface area contributed by atoms with Crippen LogP contribution < -0.4 is 17.0 Å². The van der Waals surface area contributed by atoms with Crippen molar-refractivity contribution >= 4 is 39.7 Å². The summed E-state index contributed by atoms with van der Waals surface area (Å²) in [4.78, 5) is 44.5. The van der Waals surface area contributed by atoms with Crippen LogP contribution in [0.1, 0.15) is 165 Å². The molecule has 14 nitrogen and oxygen atoms in total. The molecule has 0 spiro atoms. The van der Waals surface area contributed by atoms with Gasteiger partial charge in [0.05, 0.1) is 23.3 Å². The van der Waals surface area contributed by atoms with Crippen LogP contribution in [0.4, 0.5) is 14.8 Å². The molecule has 2 aliphatic heterocycles. The molecule has 4 fully saturated rings. The average Bonchev–Trinajstić information content (AvgIpc) is 3.81. The highest BCUT2D eigenvalue weighted by molar-refractivity contribution is 9.12. The Balaban J connectivity index is 0.000000198. The minimum atomic E-state index is -1.53. The molecule has 2 saturated carbocycles. The van der Waals surface area contributed by atoms with E-state index < -0.39 is 17.2 Å². The first kappa shape index (κ1) is 51.8. The van der Waals surface area contributed by atoms with Crippen molar-refractivity contribution in [3.63, 3.8) is 0 Å². The third kappa shape index (κ3) is 11.3. The number of likely N-dealkylation sites (tertiary alicyclic amines) is 2. The monoisotopic (exact) mass is 1030 g/mol. The molecule has 0 atom stereocenters. The number of hydrogen-bond acceptors (Lipinski definition) is 11. The zero-order valence-electron chi connectivity index (χ0n) is 39.9. The molecule has 17 heteroatoms. The van der Waals surface area contributed by atoms with Gasteiger partial charge in [0, 0.05) is 90.0 Å². The number of nitrogens with zero attached hydrogens (tertiary/aromatic N) is 7. The van der Waals surface area contributed by atoms with E-state index in [-0.39, 0.29) is 56.6 Å². The van der Waals surface area contributed by atoms with Crippen molar-refractivity contribution in [3.8, 4) is 28.6 Å². The van der Waals surface area contributed by atoms with Crippen molar-refractivity contribution < 1.29 is 27.6 Å². The molecule has 5 N–H and O–H groups in total. The zero-order chi connectivity index (χ0) is 50.9. The van der Waals surface area contributed by atoms with Gasteiger partial charge in [0.1, 0.15) is 16.3 Å². The summed E-state index contributed by atoms with van der Waals surface area (Å²) >= 11 is 2.45. The number of hydrogen-bond donors (Lipinski definition) is 3. The molecule has 4 aromatic carbocycles. The van der Waals surface area contributed by atoms with Crippen molar-refractivity contribution in [1.29, 1.82) is 15.8 Å². The first-order valence-electron chi connectivity index (χ1n) is 24.1. The van der Waals surface area contributed by atoms with Gasteiger partial charge < -0.3 is 20.0 Å². The van der Waals surface area contributed by atoms with Gasteiger partial charge in [0.15, 0.2) is 0 Å². The molecule has 368 valence electrons. The first-order chi connectivity index (χ1) is 34.2. The number of nitrogens with two attached hydrogens (primary N) is 2. The number of benzene rings is 4. The van der Waals surface area contributed by atoms with Crippen molar-refractivity contribution in [1.82, 2.24) is 25.4 Å². The molecule has 1 aromatic heterocycles. The molecule has 4 aliphatic rings. The van der Waals surface area contributed by atoms with Crippen LogP contribution in [-0.4, -0.2) is 63.9 Å². The molecular formula is C54H57BrF2N10O4. The molecule has 0 unspecified atom stereocenters. The van der Waals surface area contributed by atoms with Gasteiger partial charge in [0.2, 0.25) is 5.89 Å². The number of anilines is 1. The van der Waals surface area contributed by atoms with Crippen LogP contribution in [0.3, 0.4) is 0 Å². The molecule has 0 bridgehead atoms. The summed E-state index contributed by atoms with van der Waals surface area (Å²) in [7, 11) is 0.